The van der Waals surface area contributed by atoms with Crippen LogP contribution in [0.4, 0.5) is 5.69 Å². The molecule has 0 radical (unpaired) electrons. The van der Waals surface area contributed by atoms with E-state index >= 15 is 0 Å². The molecule has 1 aromatic carbocycles. The maximum atomic E-state index is 11.0. The topological polar surface area (TPSA) is 33.2 Å². The number of pyridine rings is 1. The first kappa shape index (κ1) is 10.6. The van der Waals surface area contributed by atoms with Gasteiger partial charge in [-0.2, -0.15) is 0 Å². The number of aryl methyl sites for hydroxylation is 1. The largest absolute Gasteiger partial charge is 0.376 e. The summed E-state index contributed by atoms with van der Waals surface area (Å²) in [6, 6.07) is 5.69. The predicted octanol–water partition coefficient (Wildman–Crippen LogP) is 2.42. The van der Waals surface area contributed by atoms with Gasteiger partial charge >= 0.3 is 0 Å². The van der Waals surface area contributed by atoms with E-state index in [4.69, 9.17) is 0 Å². The van der Waals surface area contributed by atoms with Crippen molar-refractivity contribution in [3.8, 4) is 0 Å². The Bertz CT molecular complexity index is 547. The van der Waals surface area contributed by atoms with Crippen molar-refractivity contribution in [1.29, 1.82) is 0 Å². The minimum Gasteiger partial charge on any atom is -0.376 e. The SMILES string of the molecule is Cc1cc(C=O)c2cccnc2c1N(C)C. The zero-order valence-electron chi connectivity index (χ0n) is 9.69. The molecular formula is C13H14N2O. The van der Waals surface area contributed by atoms with Crippen molar-refractivity contribution in [2.24, 2.45) is 0 Å². The van der Waals surface area contributed by atoms with E-state index < -0.39 is 0 Å². The molecule has 1 aromatic heterocycles. The first-order chi connectivity index (χ1) is 7.65. The molecule has 0 spiro atoms. The van der Waals surface area contributed by atoms with Gasteiger partial charge in [-0.1, -0.05) is 6.07 Å². The van der Waals surface area contributed by atoms with Crippen LogP contribution in [-0.4, -0.2) is 25.4 Å². The molecule has 0 saturated carbocycles. The molecule has 2 rings (SSSR count). The number of nitrogens with zero attached hydrogens (tertiary/aromatic N) is 2. The van der Waals surface area contributed by atoms with E-state index in [9.17, 15) is 4.79 Å². The van der Waals surface area contributed by atoms with E-state index in [-0.39, 0.29) is 0 Å². The molecule has 0 fully saturated rings. The van der Waals surface area contributed by atoms with Crippen LogP contribution in [0.5, 0.6) is 0 Å². The number of carbonyl (C=O) groups is 1. The van der Waals surface area contributed by atoms with Gasteiger partial charge < -0.3 is 4.90 Å². The summed E-state index contributed by atoms with van der Waals surface area (Å²) in [5.41, 5.74) is 3.72. The Morgan fingerprint density at radius 1 is 1.38 bits per heavy atom. The van der Waals surface area contributed by atoms with Gasteiger partial charge in [0, 0.05) is 31.2 Å². The van der Waals surface area contributed by atoms with Gasteiger partial charge in [-0.15, -0.1) is 0 Å². The van der Waals surface area contributed by atoms with Crippen LogP contribution in [-0.2, 0) is 0 Å². The average Bonchev–Trinajstić information content (AvgIpc) is 2.27. The number of aromatic nitrogens is 1. The van der Waals surface area contributed by atoms with Gasteiger partial charge in [0.05, 0.1) is 11.2 Å². The van der Waals surface area contributed by atoms with Crippen molar-refractivity contribution in [2.45, 2.75) is 6.92 Å². The van der Waals surface area contributed by atoms with Crippen molar-refractivity contribution in [2.75, 3.05) is 19.0 Å². The molecule has 2 aromatic rings. The molecule has 0 amide bonds. The van der Waals surface area contributed by atoms with Crippen molar-refractivity contribution < 1.29 is 4.79 Å². The van der Waals surface area contributed by atoms with E-state index in [1.807, 2.05) is 44.1 Å². The summed E-state index contributed by atoms with van der Waals surface area (Å²) in [4.78, 5) is 17.4. The third kappa shape index (κ3) is 1.54. The zero-order chi connectivity index (χ0) is 11.7. The lowest BCUT2D eigenvalue weighted by Gasteiger charge is -2.18. The maximum Gasteiger partial charge on any atom is 0.150 e. The van der Waals surface area contributed by atoms with Gasteiger partial charge in [0.15, 0.2) is 6.29 Å². The predicted molar refractivity (Wildman–Crippen MR) is 66.2 cm³/mol. The number of anilines is 1. The lowest BCUT2D eigenvalue weighted by atomic mass is 10.0. The number of hydrogen-bond donors (Lipinski definition) is 0. The summed E-state index contributed by atoms with van der Waals surface area (Å²) in [7, 11) is 3.97. The summed E-state index contributed by atoms with van der Waals surface area (Å²) in [5.74, 6) is 0. The highest BCUT2D eigenvalue weighted by atomic mass is 16.1. The summed E-state index contributed by atoms with van der Waals surface area (Å²) < 4.78 is 0. The van der Waals surface area contributed by atoms with Crippen LogP contribution in [0.25, 0.3) is 10.9 Å². The maximum absolute atomic E-state index is 11.0. The van der Waals surface area contributed by atoms with Crippen LogP contribution < -0.4 is 4.90 Å². The molecule has 0 atom stereocenters. The molecule has 1 heterocycles. The normalized spacial score (nSPS) is 10.4. The fraction of sp³-hybridized carbons (Fsp3) is 0.231. The second-order valence-corrected chi connectivity index (χ2v) is 4.04. The lowest BCUT2D eigenvalue weighted by molar-refractivity contribution is 0.112. The molecule has 0 unspecified atom stereocenters. The summed E-state index contributed by atoms with van der Waals surface area (Å²) in [6.45, 7) is 2.00. The summed E-state index contributed by atoms with van der Waals surface area (Å²) >= 11 is 0. The van der Waals surface area contributed by atoms with Crippen LogP contribution in [0.1, 0.15) is 15.9 Å². The van der Waals surface area contributed by atoms with Crippen LogP contribution in [0.2, 0.25) is 0 Å². The smallest absolute Gasteiger partial charge is 0.150 e. The molecule has 3 nitrogen and oxygen atoms in total. The Morgan fingerprint density at radius 3 is 2.75 bits per heavy atom. The summed E-state index contributed by atoms with van der Waals surface area (Å²) in [6.07, 6.45) is 2.64. The fourth-order valence-electron chi connectivity index (χ4n) is 2.06. The molecule has 0 aliphatic heterocycles. The van der Waals surface area contributed by atoms with E-state index in [0.29, 0.717) is 5.56 Å². The minimum atomic E-state index is 0.700. The van der Waals surface area contributed by atoms with Crippen molar-refractivity contribution >= 4 is 22.9 Å². The molecular weight excluding hydrogens is 200 g/mol. The Labute approximate surface area is 94.7 Å². The Kier molecular flexibility index (Phi) is 2.60. The second kappa shape index (κ2) is 3.93. The molecule has 16 heavy (non-hydrogen) atoms. The number of fused-ring (bicyclic) bond motifs is 1. The third-order valence-corrected chi connectivity index (χ3v) is 2.66. The standard InChI is InChI=1S/C13H14N2O/c1-9-7-10(8-16)11-5-4-6-14-12(11)13(9)15(2)3/h4-8H,1-3H3. The van der Waals surface area contributed by atoms with Gasteiger partial charge in [0.1, 0.15) is 0 Å². The molecule has 0 saturated heterocycles. The quantitative estimate of drug-likeness (QED) is 0.720. The second-order valence-electron chi connectivity index (χ2n) is 4.04. The monoisotopic (exact) mass is 214 g/mol. The molecule has 82 valence electrons. The Balaban J connectivity index is 2.91. The van der Waals surface area contributed by atoms with E-state index in [1.54, 1.807) is 6.20 Å². The van der Waals surface area contributed by atoms with Crippen LogP contribution in [0, 0.1) is 6.92 Å². The Hall–Kier alpha value is -1.90. The highest BCUT2D eigenvalue weighted by Crippen LogP contribution is 2.29. The number of hydrogen-bond acceptors (Lipinski definition) is 3. The van der Waals surface area contributed by atoms with Gasteiger partial charge in [-0.05, 0) is 24.6 Å². The van der Waals surface area contributed by atoms with Gasteiger partial charge in [0.25, 0.3) is 0 Å². The minimum absolute atomic E-state index is 0.700. The lowest BCUT2D eigenvalue weighted by Crippen LogP contribution is -2.12. The number of benzene rings is 1. The first-order valence-electron chi connectivity index (χ1n) is 5.16. The van der Waals surface area contributed by atoms with E-state index in [2.05, 4.69) is 4.98 Å². The zero-order valence-corrected chi connectivity index (χ0v) is 9.69. The van der Waals surface area contributed by atoms with Crippen LogP contribution in [0.15, 0.2) is 24.4 Å². The van der Waals surface area contributed by atoms with Crippen LogP contribution >= 0.6 is 0 Å². The van der Waals surface area contributed by atoms with Gasteiger partial charge in [-0.3, -0.25) is 9.78 Å². The first-order valence-corrected chi connectivity index (χ1v) is 5.16. The number of aldehydes is 1. The van der Waals surface area contributed by atoms with Crippen molar-refractivity contribution in [1.82, 2.24) is 4.98 Å². The molecule has 3 heteroatoms. The summed E-state index contributed by atoms with van der Waals surface area (Å²) in [5, 5.41) is 0.909. The highest BCUT2D eigenvalue weighted by molar-refractivity contribution is 6.03. The molecule has 0 aliphatic carbocycles. The number of rotatable bonds is 2. The molecule has 0 bridgehead atoms. The molecule has 0 aliphatic rings. The van der Waals surface area contributed by atoms with Gasteiger partial charge in [-0.25, -0.2) is 0 Å². The fourth-order valence-corrected chi connectivity index (χ4v) is 2.06. The Morgan fingerprint density at radius 2 is 2.12 bits per heavy atom. The average molecular weight is 214 g/mol. The third-order valence-electron chi connectivity index (χ3n) is 2.66. The van der Waals surface area contributed by atoms with Gasteiger partial charge in [0.2, 0.25) is 0 Å². The van der Waals surface area contributed by atoms with E-state index in [0.717, 1.165) is 28.4 Å². The van der Waals surface area contributed by atoms with Crippen molar-refractivity contribution in [3.63, 3.8) is 0 Å². The molecule has 0 N–H and O–H groups in total. The van der Waals surface area contributed by atoms with Crippen LogP contribution in [0.3, 0.4) is 0 Å². The number of carbonyl (C=O) groups excluding carboxylic acids is 1. The highest BCUT2D eigenvalue weighted by Gasteiger charge is 2.11. The van der Waals surface area contributed by atoms with E-state index in [1.165, 1.54) is 0 Å². The van der Waals surface area contributed by atoms with Crippen molar-refractivity contribution in [3.05, 3.63) is 35.5 Å².